The predicted octanol–water partition coefficient (Wildman–Crippen LogP) is 1.88. The van der Waals surface area contributed by atoms with Crippen LogP contribution < -0.4 is 0 Å². The van der Waals surface area contributed by atoms with Gasteiger partial charge in [-0.05, 0) is 33.2 Å². The monoisotopic (exact) mass is 173 g/mol. The van der Waals surface area contributed by atoms with Gasteiger partial charge in [0.05, 0.1) is 0 Å². The molecule has 0 aromatic heterocycles. The molecule has 2 heteroatoms. The fraction of sp³-hybridized carbons (Fsp3) is 1.00. The van der Waals surface area contributed by atoms with Crippen LogP contribution in [0.1, 0.15) is 40.0 Å². The number of nitrogens with zero attached hydrogens (tertiary/aromatic N) is 1. The lowest BCUT2D eigenvalue weighted by atomic mass is 10.2. The molecule has 0 radical (unpaired) electrons. The van der Waals surface area contributed by atoms with Crippen LogP contribution >= 0.6 is 0 Å². The summed E-state index contributed by atoms with van der Waals surface area (Å²) in [6, 6.07) is 0.614. The minimum absolute atomic E-state index is 0.315. The molecule has 0 rings (SSSR count). The van der Waals surface area contributed by atoms with E-state index in [4.69, 9.17) is 5.11 Å². The molecule has 0 aliphatic heterocycles. The normalized spacial score (nSPS) is 11.5. The van der Waals surface area contributed by atoms with Crippen molar-refractivity contribution in [2.24, 2.45) is 0 Å². The Labute approximate surface area is 76.6 Å². The van der Waals surface area contributed by atoms with Gasteiger partial charge in [0.2, 0.25) is 0 Å². The molecule has 0 aliphatic rings. The summed E-state index contributed by atoms with van der Waals surface area (Å²) in [5.74, 6) is 0. The van der Waals surface area contributed by atoms with E-state index in [1.165, 1.54) is 19.4 Å². The first-order valence-electron chi connectivity index (χ1n) is 5.07. The minimum Gasteiger partial charge on any atom is -0.396 e. The molecule has 0 spiro atoms. The van der Waals surface area contributed by atoms with Crippen molar-refractivity contribution in [3.05, 3.63) is 0 Å². The summed E-state index contributed by atoms with van der Waals surface area (Å²) in [5, 5.41) is 8.70. The third kappa shape index (κ3) is 5.56. The van der Waals surface area contributed by atoms with Gasteiger partial charge in [-0.25, -0.2) is 0 Å². The van der Waals surface area contributed by atoms with Gasteiger partial charge in [-0.1, -0.05) is 13.3 Å². The van der Waals surface area contributed by atoms with Gasteiger partial charge in [-0.15, -0.1) is 0 Å². The predicted molar refractivity (Wildman–Crippen MR) is 53.3 cm³/mol. The molecule has 0 saturated carbocycles. The number of hydrogen-bond acceptors (Lipinski definition) is 2. The van der Waals surface area contributed by atoms with Gasteiger partial charge < -0.3 is 10.0 Å². The summed E-state index contributed by atoms with van der Waals surface area (Å²) in [6.07, 6.45) is 3.42. The van der Waals surface area contributed by atoms with E-state index in [0.29, 0.717) is 12.6 Å². The van der Waals surface area contributed by atoms with Crippen LogP contribution in [0.2, 0.25) is 0 Å². The van der Waals surface area contributed by atoms with E-state index < -0.39 is 0 Å². The van der Waals surface area contributed by atoms with Gasteiger partial charge in [0.25, 0.3) is 0 Å². The van der Waals surface area contributed by atoms with E-state index in [9.17, 15) is 0 Å². The van der Waals surface area contributed by atoms with Crippen molar-refractivity contribution in [1.29, 1.82) is 0 Å². The number of aliphatic hydroxyl groups excluding tert-OH is 1. The zero-order valence-corrected chi connectivity index (χ0v) is 8.71. The minimum atomic E-state index is 0.315. The molecule has 0 bridgehead atoms. The molecular weight excluding hydrogens is 150 g/mol. The van der Waals surface area contributed by atoms with Crippen molar-refractivity contribution >= 4 is 0 Å². The lowest BCUT2D eigenvalue weighted by Crippen LogP contribution is -2.33. The van der Waals surface area contributed by atoms with E-state index in [1.54, 1.807) is 0 Å². The van der Waals surface area contributed by atoms with Gasteiger partial charge in [0, 0.05) is 19.2 Å². The van der Waals surface area contributed by atoms with Crippen LogP contribution in [0.4, 0.5) is 0 Å². The Morgan fingerprint density at radius 3 is 2.17 bits per heavy atom. The van der Waals surface area contributed by atoms with Crippen LogP contribution in [0.5, 0.6) is 0 Å². The molecule has 74 valence electrons. The zero-order valence-electron chi connectivity index (χ0n) is 8.71. The molecule has 0 heterocycles. The quantitative estimate of drug-likeness (QED) is 0.635. The Kier molecular flexibility index (Phi) is 7.51. The second kappa shape index (κ2) is 7.56. The first kappa shape index (κ1) is 11.9. The van der Waals surface area contributed by atoms with Gasteiger partial charge in [-0.2, -0.15) is 0 Å². The van der Waals surface area contributed by atoms with Crippen molar-refractivity contribution in [2.75, 3.05) is 19.7 Å². The summed E-state index contributed by atoms with van der Waals surface area (Å²) >= 11 is 0. The molecule has 0 fully saturated rings. The summed E-state index contributed by atoms with van der Waals surface area (Å²) in [5.41, 5.74) is 0. The van der Waals surface area contributed by atoms with Gasteiger partial charge in [0.1, 0.15) is 0 Å². The summed E-state index contributed by atoms with van der Waals surface area (Å²) in [4.78, 5) is 2.43. The SMILES string of the molecule is CCCCN(CCCO)C(C)C. The molecule has 0 aromatic rings. The maximum absolute atomic E-state index is 8.70. The number of hydrogen-bond donors (Lipinski definition) is 1. The Balaban J connectivity index is 3.55. The van der Waals surface area contributed by atoms with Gasteiger partial charge >= 0.3 is 0 Å². The van der Waals surface area contributed by atoms with Crippen molar-refractivity contribution in [3.63, 3.8) is 0 Å². The smallest absolute Gasteiger partial charge is 0.0443 e. The molecular formula is C10H23NO. The highest BCUT2D eigenvalue weighted by Crippen LogP contribution is 2.02. The van der Waals surface area contributed by atoms with E-state index in [0.717, 1.165) is 13.0 Å². The van der Waals surface area contributed by atoms with Crippen molar-refractivity contribution < 1.29 is 5.11 Å². The molecule has 0 amide bonds. The molecule has 2 nitrogen and oxygen atoms in total. The third-order valence-corrected chi connectivity index (χ3v) is 2.13. The number of aliphatic hydroxyl groups is 1. The maximum atomic E-state index is 8.70. The van der Waals surface area contributed by atoms with E-state index >= 15 is 0 Å². The lowest BCUT2D eigenvalue weighted by Gasteiger charge is -2.25. The molecule has 0 unspecified atom stereocenters. The topological polar surface area (TPSA) is 23.5 Å². The highest BCUT2D eigenvalue weighted by molar-refractivity contribution is 4.61. The standard InChI is InChI=1S/C10H23NO/c1-4-5-7-11(10(2)3)8-6-9-12/h10,12H,4-9H2,1-3H3. The molecule has 1 N–H and O–H groups in total. The average Bonchev–Trinajstić information content (AvgIpc) is 2.04. The lowest BCUT2D eigenvalue weighted by molar-refractivity contribution is 0.189. The molecule has 12 heavy (non-hydrogen) atoms. The van der Waals surface area contributed by atoms with Crippen LogP contribution in [0, 0.1) is 0 Å². The van der Waals surface area contributed by atoms with Crippen molar-refractivity contribution in [3.8, 4) is 0 Å². The summed E-state index contributed by atoms with van der Waals surface area (Å²) in [7, 11) is 0. The average molecular weight is 173 g/mol. The highest BCUT2D eigenvalue weighted by Gasteiger charge is 2.06. The van der Waals surface area contributed by atoms with E-state index in [1.807, 2.05) is 0 Å². The van der Waals surface area contributed by atoms with Crippen LogP contribution in [0.15, 0.2) is 0 Å². The van der Waals surface area contributed by atoms with E-state index in [-0.39, 0.29) is 0 Å². The second-order valence-corrected chi connectivity index (χ2v) is 3.56. The molecule has 0 atom stereocenters. The van der Waals surface area contributed by atoms with E-state index in [2.05, 4.69) is 25.7 Å². The summed E-state index contributed by atoms with van der Waals surface area (Å²) < 4.78 is 0. The van der Waals surface area contributed by atoms with Crippen molar-refractivity contribution in [2.45, 2.75) is 46.1 Å². The fourth-order valence-electron chi connectivity index (χ4n) is 1.26. The first-order valence-corrected chi connectivity index (χ1v) is 5.07. The Morgan fingerprint density at radius 1 is 1.17 bits per heavy atom. The Bertz CT molecular complexity index is 85.8. The second-order valence-electron chi connectivity index (χ2n) is 3.56. The molecule has 0 aromatic carbocycles. The molecule has 0 saturated heterocycles. The van der Waals surface area contributed by atoms with Crippen LogP contribution in [-0.2, 0) is 0 Å². The van der Waals surface area contributed by atoms with Crippen molar-refractivity contribution in [1.82, 2.24) is 4.90 Å². The number of rotatable bonds is 7. The fourth-order valence-corrected chi connectivity index (χ4v) is 1.26. The van der Waals surface area contributed by atoms with Gasteiger partial charge in [0.15, 0.2) is 0 Å². The largest absolute Gasteiger partial charge is 0.396 e. The maximum Gasteiger partial charge on any atom is 0.0443 e. The van der Waals surface area contributed by atoms with Crippen LogP contribution in [0.3, 0.4) is 0 Å². The van der Waals surface area contributed by atoms with Crippen LogP contribution in [0.25, 0.3) is 0 Å². The first-order chi connectivity index (χ1) is 5.72. The highest BCUT2D eigenvalue weighted by atomic mass is 16.3. The van der Waals surface area contributed by atoms with Crippen LogP contribution in [-0.4, -0.2) is 35.7 Å². The number of unbranched alkanes of at least 4 members (excludes halogenated alkanes) is 1. The third-order valence-electron chi connectivity index (χ3n) is 2.13. The van der Waals surface area contributed by atoms with Gasteiger partial charge in [-0.3, -0.25) is 0 Å². The Hall–Kier alpha value is -0.0800. The zero-order chi connectivity index (χ0) is 9.40. The molecule has 0 aliphatic carbocycles. The summed E-state index contributed by atoms with van der Waals surface area (Å²) in [6.45, 7) is 9.17. The Morgan fingerprint density at radius 2 is 1.75 bits per heavy atom.